The Morgan fingerprint density at radius 1 is 0.977 bits per heavy atom. The quantitative estimate of drug-likeness (QED) is 0.161. The highest BCUT2D eigenvalue weighted by Crippen LogP contribution is 2.37. The Kier molecular flexibility index (Phi) is 7.81. The van der Waals surface area contributed by atoms with Crippen molar-refractivity contribution in [3.8, 4) is 28.8 Å². The van der Waals surface area contributed by atoms with Crippen molar-refractivity contribution in [1.82, 2.24) is 9.66 Å². The Bertz CT molecular complexity index is 2050. The van der Waals surface area contributed by atoms with Crippen LogP contribution in [-0.4, -0.2) is 29.6 Å². The van der Waals surface area contributed by atoms with E-state index in [1.807, 2.05) is 19.1 Å². The minimum atomic E-state index is -0.384. The molecule has 2 heterocycles. The van der Waals surface area contributed by atoms with Gasteiger partial charge in [0.2, 0.25) is 5.82 Å². The summed E-state index contributed by atoms with van der Waals surface area (Å²) >= 11 is 6.60. The van der Waals surface area contributed by atoms with Gasteiger partial charge >= 0.3 is 0 Å². The molecule has 8 nitrogen and oxygen atoms in total. The van der Waals surface area contributed by atoms with Crippen LogP contribution in [0.1, 0.15) is 18.1 Å². The summed E-state index contributed by atoms with van der Waals surface area (Å²) in [5.41, 5.74) is 1.60. The van der Waals surface area contributed by atoms with Crippen molar-refractivity contribution in [2.24, 2.45) is 5.10 Å². The van der Waals surface area contributed by atoms with Crippen molar-refractivity contribution in [1.29, 1.82) is 0 Å². The van der Waals surface area contributed by atoms with Gasteiger partial charge in [0.25, 0.3) is 5.56 Å². The normalized spacial score (nSPS) is 11.4. The van der Waals surface area contributed by atoms with Gasteiger partial charge in [-0.05, 0) is 61.0 Å². The van der Waals surface area contributed by atoms with Crippen LogP contribution in [0.4, 0.5) is 4.39 Å². The molecule has 43 heavy (non-hydrogen) atoms. The average molecular weight is 598 g/mol. The highest BCUT2D eigenvalue weighted by atomic mass is 35.5. The minimum Gasteiger partial charge on any atom is -0.496 e. The molecule has 10 heteroatoms. The molecule has 0 unspecified atom stereocenters. The van der Waals surface area contributed by atoms with Crippen LogP contribution in [0.15, 0.2) is 99.2 Å². The number of benzene rings is 4. The van der Waals surface area contributed by atoms with Crippen molar-refractivity contribution in [3.05, 3.63) is 117 Å². The molecule has 6 rings (SSSR count). The Hall–Kier alpha value is -5.15. The number of rotatable bonds is 9. The van der Waals surface area contributed by atoms with Crippen molar-refractivity contribution in [2.75, 3.05) is 13.7 Å². The lowest BCUT2D eigenvalue weighted by Crippen LogP contribution is -2.20. The van der Waals surface area contributed by atoms with Gasteiger partial charge in [-0.15, -0.1) is 0 Å². The molecule has 0 atom stereocenters. The van der Waals surface area contributed by atoms with E-state index in [2.05, 4.69) is 5.10 Å². The fourth-order valence-electron chi connectivity index (χ4n) is 4.67. The number of nitrogens with zero attached hydrogens (tertiary/aromatic N) is 3. The van der Waals surface area contributed by atoms with Crippen LogP contribution in [0.2, 0.25) is 5.02 Å². The fourth-order valence-corrected chi connectivity index (χ4v) is 4.94. The summed E-state index contributed by atoms with van der Waals surface area (Å²) in [5.74, 6) is 1.41. The first-order valence-electron chi connectivity index (χ1n) is 13.4. The molecule has 0 bridgehead atoms. The molecule has 216 valence electrons. The predicted molar refractivity (Wildman–Crippen MR) is 164 cm³/mol. The Morgan fingerprint density at radius 3 is 2.60 bits per heavy atom. The second-order valence-electron chi connectivity index (χ2n) is 9.44. The summed E-state index contributed by atoms with van der Waals surface area (Å²) in [4.78, 5) is 18.4. The van der Waals surface area contributed by atoms with Gasteiger partial charge in [0, 0.05) is 5.56 Å². The van der Waals surface area contributed by atoms with Crippen LogP contribution < -0.4 is 19.8 Å². The van der Waals surface area contributed by atoms with Crippen LogP contribution in [-0.2, 0) is 6.61 Å². The first-order valence-corrected chi connectivity index (χ1v) is 13.8. The lowest BCUT2D eigenvalue weighted by Gasteiger charge is -2.15. The smallest absolute Gasteiger partial charge is 0.282 e. The molecule has 6 aromatic rings. The van der Waals surface area contributed by atoms with E-state index in [0.717, 1.165) is 5.39 Å². The van der Waals surface area contributed by atoms with Crippen molar-refractivity contribution >= 4 is 39.7 Å². The summed E-state index contributed by atoms with van der Waals surface area (Å²) in [6, 6.07) is 23.9. The molecule has 0 aliphatic rings. The number of ether oxygens (including phenoxy) is 3. The number of hydrogen-bond acceptors (Lipinski definition) is 7. The second kappa shape index (κ2) is 12.0. The van der Waals surface area contributed by atoms with E-state index in [0.29, 0.717) is 51.5 Å². The zero-order valence-electron chi connectivity index (χ0n) is 23.2. The molecule has 0 saturated heterocycles. The van der Waals surface area contributed by atoms with Gasteiger partial charge < -0.3 is 18.6 Å². The van der Waals surface area contributed by atoms with Crippen molar-refractivity contribution < 1.29 is 23.0 Å². The third-order valence-electron chi connectivity index (χ3n) is 6.70. The standard InChI is InChI=1S/C33H25ClFN3O5/c1-3-41-29-16-20(15-24(34)31(29)42-19-21-9-4-6-11-25(21)35)18-36-38-32(37-26-12-7-5-10-22(26)33(38)39)30-17-23-27(40-2)13-8-14-28(23)43-30/h4-18H,3,19H2,1-2H3. The zero-order chi connectivity index (χ0) is 29.9. The number of aromatic nitrogens is 2. The summed E-state index contributed by atoms with van der Waals surface area (Å²) in [7, 11) is 1.58. The number of hydrogen-bond donors (Lipinski definition) is 0. The fraction of sp³-hybridized carbons (Fsp3) is 0.121. The SMILES string of the molecule is CCOc1cc(C=Nn2c(-c3cc4c(OC)cccc4o3)nc3ccccc3c2=O)cc(Cl)c1OCc1ccccc1F. The molecule has 2 aromatic heterocycles. The Labute approximate surface area is 250 Å². The Morgan fingerprint density at radius 2 is 1.79 bits per heavy atom. The van der Waals surface area contributed by atoms with Crippen LogP contribution in [0, 0.1) is 5.82 Å². The summed E-state index contributed by atoms with van der Waals surface area (Å²) < 4.78 is 38.5. The maximum Gasteiger partial charge on any atom is 0.282 e. The number of furan rings is 1. The minimum absolute atomic E-state index is 0.0380. The largest absolute Gasteiger partial charge is 0.496 e. The molecular formula is C33H25ClFN3O5. The molecule has 0 aliphatic carbocycles. The van der Waals surface area contributed by atoms with E-state index in [1.54, 1.807) is 73.8 Å². The third kappa shape index (κ3) is 5.54. The van der Waals surface area contributed by atoms with E-state index < -0.39 is 0 Å². The van der Waals surface area contributed by atoms with Crippen molar-refractivity contribution in [2.45, 2.75) is 13.5 Å². The number of fused-ring (bicyclic) bond motifs is 2. The van der Waals surface area contributed by atoms with Gasteiger partial charge in [0.1, 0.15) is 23.8 Å². The van der Waals surface area contributed by atoms with Gasteiger partial charge in [-0.1, -0.05) is 48.0 Å². The third-order valence-corrected chi connectivity index (χ3v) is 6.98. The molecule has 0 aliphatic heterocycles. The van der Waals surface area contributed by atoms with Gasteiger partial charge in [0.15, 0.2) is 17.3 Å². The first kappa shape index (κ1) is 28.0. The highest BCUT2D eigenvalue weighted by molar-refractivity contribution is 6.32. The molecule has 0 spiro atoms. The van der Waals surface area contributed by atoms with Crippen LogP contribution in [0.3, 0.4) is 0 Å². The molecule has 0 fully saturated rings. The lowest BCUT2D eigenvalue weighted by molar-refractivity contribution is 0.266. The maximum atomic E-state index is 14.1. The topological polar surface area (TPSA) is 88.1 Å². The molecular weight excluding hydrogens is 573 g/mol. The van der Waals surface area contributed by atoms with E-state index in [4.69, 9.17) is 35.2 Å². The van der Waals surface area contributed by atoms with Gasteiger partial charge in [-0.25, -0.2) is 9.37 Å². The predicted octanol–water partition coefficient (Wildman–Crippen LogP) is 7.47. The van der Waals surface area contributed by atoms with Crippen molar-refractivity contribution in [3.63, 3.8) is 0 Å². The molecule has 0 amide bonds. The number of halogens is 2. The van der Waals surface area contributed by atoms with Gasteiger partial charge in [-0.3, -0.25) is 4.79 Å². The van der Waals surface area contributed by atoms with Crippen LogP contribution in [0.25, 0.3) is 33.5 Å². The van der Waals surface area contributed by atoms with Crippen LogP contribution in [0.5, 0.6) is 17.2 Å². The zero-order valence-corrected chi connectivity index (χ0v) is 24.0. The van der Waals surface area contributed by atoms with E-state index in [-0.39, 0.29) is 34.6 Å². The monoisotopic (exact) mass is 597 g/mol. The van der Waals surface area contributed by atoms with Crippen LogP contribution >= 0.6 is 11.6 Å². The molecule has 0 saturated carbocycles. The molecule has 0 N–H and O–H groups in total. The summed E-state index contributed by atoms with van der Waals surface area (Å²) in [5, 5.41) is 5.87. The molecule has 4 aromatic carbocycles. The highest BCUT2D eigenvalue weighted by Gasteiger charge is 2.18. The van der Waals surface area contributed by atoms with E-state index >= 15 is 0 Å². The molecule has 0 radical (unpaired) electrons. The number of para-hydroxylation sites is 1. The maximum absolute atomic E-state index is 14.1. The average Bonchev–Trinajstić information content (AvgIpc) is 3.46. The summed E-state index contributed by atoms with van der Waals surface area (Å²) in [6.07, 6.45) is 1.47. The Balaban J connectivity index is 1.42. The first-order chi connectivity index (χ1) is 21.0. The van der Waals surface area contributed by atoms with E-state index in [1.165, 1.54) is 17.0 Å². The van der Waals surface area contributed by atoms with Gasteiger partial charge in [-0.2, -0.15) is 9.78 Å². The second-order valence-corrected chi connectivity index (χ2v) is 9.85. The van der Waals surface area contributed by atoms with E-state index in [9.17, 15) is 9.18 Å². The van der Waals surface area contributed by atoms with Gasteiger partial charge in [0.05, 0.1) is 41.2 Å². The number of methoxy groups -OCH3 is 1. The summed E-state index contributed by atoms with van der Waals surface area (Å²) in [6.45, 7) is 2.12. The lowest BCUT2D eigenvalue weighted by atomic mass is 10.2.